The Bertz CT molecular complexity index is 588. The highest BCUT2D eigenvalue weighted by atomic mass is 35.5. The quantitative estimate of drug-likeness (QED) is 0.835. The Morgan fingerprint density at radius 3 is 2.76 bits per heavy atom. The molecule has 0 aromatic heterocycles. The number of carbonyl (C=O) groups is 1. The topological polar surface area (TPSA) is 49.3 Å². The molecule has 1 aromatic rings. The molecule has 0 radical (unpaired) electrons. The third kappa shape index (κ3) is 3.25. The van der Waals surface area contributed by atoms with E-state index in [1.54, 1.807) is 6.07 Å². The molecule has 1 fully saturated rings. The van der Waals surface area contributed by atoms with E-state index in [1.165, 1.54) is 0 Å². The van der Waals surface area contributed by atoms with Gasteiger partial charge in [-0.15, -0.1) is 0 Å². The number of amides is 1. The second-order valence-electron chi connectivity index (χ2n) is 5.79. The summed E-state index contributed by atoms with van der Waals surface area (Å²) in [5.41, 5.74) is 0.997. The number of halogens is 2. The van der Waals surface area contributed by atoms with Crippen molar-refractivity contribution in [3.05, 3.63) is 46.0 Å². The molecule has 5 heteroatoms. The van der Waals surface area contributed by atoms with Crippen molar-refractivity contribution in [3.8, 4) is 0 Å². The summed E-state index contributed by atoms with van der Waals surface area (Å²) in [6.45, 7) is 0.134. The van der Waals surface area contributed by atoms with Gasteiger partial charge in [0, 0.05) is 34.5 Å². The second-order valence-corrected chi connectivity index (χ2v) is 6.64. The molecular formula is C16H17Cl2NO2. The molecule has 1 amide bonds. The number of hydrogen-bond acceptors (Lipinski definition) is 2. The van der Waals surface area contributed by atoms with Crippen LogP contribution in [0.2, 0.25) is 10.0 Å². The van der Waals surface area contributed by atoms with Crippen LogP contribution in [-0.2, 0) is 4.79 Å². The number of nitrogens with one attached hydrogen (secondary N) is 1. The van der Waals surface area contributed by atoms with Crippen LogP contribution in [0.5, 0.6) is 0 Å². The third-order valence-corrected chi connectivity index (χ3v) is 4.79. The van der Waals surface area contributed by atoms with Gasteiger partial charge in [0.1, 0.15) is 0 Å². The van der Waals surface area contributed by atoms with Crippen molar-refractivity contribution in [2.24, 2.45) is 11.8 Å². The lowest BCUT2D eigenvalue weighted by atomic mass is 10.1. The molecule has 2 N–H and O–H groups in total. The van der Waals surface area contributed by atoms with Gasteiger partial charge in [0.25, 0.3) is 0 Å². The summed E-state index contributed by atoms with van der Waals surface area (Å²) >= 11 is 12.1. The molecule has 3 nitrogen and oxygen atoms in total. The normalized spacial score (nSPS) is 30.4. The van der Waals surface area contributed by atoms with Crippen LogP contribution in [0.15, 0.2) is 30.4 Å². The van der Waals surface area contributed by atoms with Crippen molar-refractivity contribution in [1.29, 1.82) is 0 Å². The zero-order chi connectivity index (χ0) is 15.0. The Balaban J connectivity index is 1.58. The number of hydrogen-bond donors (Lipinski definition) is 2. The predicted octanol–water partition coefficient (Wildman–Crippen LogP) is 3.15. The van der Waals surface area contributed by atoms with E-state index in [1.807, 2.05) is 24.3 Å². The van der Waals surface area contributed by atoms with Gasteiger partial charge in [0.2, 0.25) is 5.91 Å². The van der Waals surface area contributed by atoms with Gasteiger partial charge in [-0.1, -0.05) is 41.4 Å². The maximum absolute atomic E-state index is 12.2. The van der Waals surface area contributed by atoms with E-state index in [4.69, 9.17) is 28.3 Å². The summed E-state index contributed by atoms with van der Waals surface area (Å²) in [5.74, 6) is 0.411. The highest BCUT2D eigenvalue weighted by Crippen LogP contribution is 2.50. The van der Waals surface area contributed by atoms with Crippen LogP contribution >= 0.6 is 23.2 Å². The number of benzene rings is 1. The minimum absolute atomic E-state index is 0.00903. The molecule has 0 heterocycles. The summed E-state index contributed by atoms with van der Waals surface area (Å²) in [5, 5.41) is 13.4. The zero-order valence-electron chi connectivity index (χ0n) is 11.4. The molecule has 112 valence electrons. The molecule has 2 unspecified atom stereocenters. The summed E-state index contributed by atoms with van der Waals surface area (Å²) in [7, 11) is 0. The van der Waals surface area contributed by atoms with Crippen molar-refractivity contribution >= 4 is 29.1 Å². The predicted molar refractivity (Wildman–Crippen MR) is 83.6 cm³/mol. The van der Waals surface area contributed by atoms with Gasteiger partial charge in [-0.05, 0) is 36.5 Å². The van der Waals surface area contributed by atoms with Gasteiger partial charge in [-0.3, -0.25) is 4.79 Å². The van der Waals surface area contributed by atoms with Gasteiger partial charge >= 0.3 is 0 Å². The van der Waals surface area contributed by atoms with E-state index in [0.29, 0.717) is 10.0 Å². The lowest BCUT2D eigenvalue weighted by Gasteiger charge is -2.13. The van der Waals surface area contributed by atoms with Gasteiger partial charge in [0.15, 0.2) is 0 Å². The molecule has 4 atom stereocenters. The molecule has 0 aliphatic heterocycles. The fraction of sp³-hybridized carbons (Fsp3) is 0.438. The fourth-order valence-corrected chi connectivity index (χ4v) is 3.49. The first kappa shape index (κ1) is 14.9. The Hall–Kier alpha value is -1.03. The van der Waals surface area contributed by atoms with Crippen molar-refractivity contribution in [2.45, 2.75) is 24.8 Å². The van der Waals surface area contributed by atoms with Crippen molar-refractivity contribution in [1.82, 2.24) is 5.32 Å². The second kappa shape index (κ2) is 5.99. The first-order chi connectivity index (χ1) is 10.1. The van der Waals surface area contributed by atoms with Crippen LogP contribution in [0.25, 0.3) is 0 Å². The summed E-state index contributed by atoms with van der Waals surface area (Å²) in [4.78, 5) is 12.2. The summed E-state index contributed by atoms with van der Waals surface area (Å²) < 4.78 is 0. The Morgan fingerprint density at radius 1 is 1.29 bits per heavy atom. The molecule has 1 aromatic carbocycles. The van der Waals surface area contributed by atoms with Crippen LogP contribution < -0.4 is 5.32 Å². The summed E-state index contributed by atoms with van der Waals surface area (Å²) in [6.07, 6.45) is 5.53. The lowest BCUT2D eigenvalue weighted by Crippen LogP contribution is -2.34. The molecule has 21 heavy (non-hydrogen) atoms. The molecule has 1 saturated carbocycles. The molecule has 2 aliphatic carbocycles. The van der Waals surface area contributed by atoms with E-state index in [2.05, 4.69) is 5.32 Å². The maximum atomic E-state index is 12.2. The van der Waals surface area contributed by atoms with Crippen molar-refractivity contribution in [2.75, 3.05) is 6.61 Å². The van der Waals surface area contributed by atoms with Crippen molar-refractivity contribution in [3.63, 3.8) is 0 Å². The maximum Gasteiger partial charge on any atom is 0.224 e. The average molecular weight is 326 g/mol. The van der Waals surface area contributed by atoms with E-state index in [-0.39, 0.29) is 36.3 Å². The Labute approximate surface area is 133 Å². The number of rotatable bonds is 4. The smallest absolute Gasteiger partial charge is 0.224 e. The number of aliphatic hydroxyl groups excluding tert-OH is 1. The van der Waals surface area contributed by atoms with Crippen LogP contribution in [-0.4, -0.2) is 23.7 Å². The summed E-state index contributed by atoms with van der Waals surface area (Å²) in [6, 6.07) is 5.47. The van der Waals surface area contributed by atoms with E-state index in [9.17, 15) is 4.79 Å². The molecule has 0 spiro atoms. The Kier molecular flexibility index (Phi) is 4.25. The highest BCUT2D eigenvalue weighted by molar-refractivity contribution is 6.35. The highest BCUT2D eigenvalue weighted by Gasteiger charge is 2.45. The van der Waals surface area contributed by atoms with Crippen LogP contribution in [0.4, 0.5) is 0 Å². The third-order valence-electron chi connectivity index (χ3n) is 4.22. The lowest BCUT2D eigenvalue weighted by molar-refractivity contribution is -0.122. The zero-order valence-corrected chi connectivity index (χ0v) is 12.9. The minimum atomic E-state index is -0.00903. The largest absolute Gasteiger partial charge is 0.396 e. The molecule has 0 saturated heterocycles. The van der Waals surface area contributed by atoms with Gasteiger partial charge in [-0.25, -0.2) is 0 Å². The first-order valence-corrected chi connectivity index (χ1v) is 7.88. The van der Waals surface area contributed by atoms with Crippen LogP contribution in [0.3, 0.4) is 0 Å². The SMILES string of the molecule is O=C(N[C@@H]1C=C[C@H](CO)C1)C1CC1c1ccc(Cl)cc1Cl. The average Bonchev–Trinajstić information content (AvgIpc) is 3.11. The van der Waals surface area contributed by atoms with E-state index in [0.717, 1.165) is 18.4 Å². The number of carbonyl (C=O) groups excluding carboxylic acids is 1. The van der Waals surface area contributed by atoms with Gasteiger partial charge < -0.3 is 10.4 Å². The fourth-order valence-electron chi connectivity index (χ4n) is 2.94. The van der Waals surface area contributed by atoms with Gasteiger partial charge in [-0.2, -0.15) is 0 Å². The molecule has 0 bridgehead atoms. The van der Waals surface area contributed by atoms with Crippen LogP contribution in [0.1, 0.15) is 24.3 Å². The molecular weight excluding hydrogens is 309 g/mol. The number of aliphatic hydroxyl groups is 1. The van der Waals surface area contributed by atoms with Crippen molar-refractivity contribution < 1.29 is 9.90 Å². The van der Waals surface area contributed by atoms with Crippen LogP contribution in [0, 0.1) is 11.8 Å². The van der Waals surface area contributed by atoms with Gasteiger partial charge in [0.05, 0.1) is 0 Å². The van der Waals surface area contributed by atoms with E-state index >= 15 is 0 Å². The molecule has 3 rings (SSSR count). The first-order valence-electron chi connectivity index (χ1n) is 7.13. The monoisotopic (exact) mass is 325 g/mol. The molecule has 2 aliphatic rings. The minimum Gasteiger partial charge on any atom is -0.396 e. The van der Waals surface area contributed by atoms with E-state index < -0.39 is 0 Å². The Morgan fingerprint density at radius 2 is 2.10 bits per heavy atom. The standard InChI is InChI=1S/C16H17Cl2NO2/c17-10-2-4-12(15(18)6-10)13-7-14(13)16(21)19-11-3-1-9(5-11)8-20/h1-4,6,9,11,13-14,20H,5,7-8H2,(H,19,21)/t9-,11+,13?,14?/m0/s1.